The second-order valence-corrected chi connectivity index (χ2v) is 4.81. The Hall–Kier alpha value is -2.94. The third-order valence-corrected chi connectivity index (χ3v) is 3.58. The lowest BCUT2D eigenvalue weighted by Gasteiger charge is -2.33. The normalized spacial score (nSPS) is 16.9. The molecule has 1 aliphatic heterocycles. The largest absolute Gasteiger partial charge is 0.481 e. The molecule has 0 bridgehead atoms. The molecular weight excluding hydrogens is 268 g/mol. The van der Waals surface area contributed by atoms with Crippen molar-refractivity contribution in [1.82, 2.24) is 9.97 Å². The summed E-state index contributed by atoms with van der Waals surface area (Å²) < 4.78 is 0. The van der Waals surface area contributed by atoms with E-state index in [9.17, 15) is 9.90 Å². The summed E-state index contributed by atoms with van der Waals surface area (Å²) in [5.41, 5.74) is 1.97. The highest BCUT2D eigenvalue weighted by Gasteiger charge is 2.31. The maximum Gasteiger partial charge on any atom is 0.312 e. The molecule has 0 saturated carbocycles. The van der Waals surface area contributed by atoms with Crippen LogP contribution in [-0.2, 0) is 11.3 Å². The second kappa shape index (κ2) is 5.21. The predicted octanol–water partition coefficient (Wildman–Crippen LogP) is 1.54. The van der Waals surface area contributed by atoms with Crippen LogP contribution in [0.5, 0.6) is 0 Å². The molecule has 2 heterocycles. The van der Waals surface area contributed by atoms with Crippen molar-refractivity contribution < 1.29 is 9.90 Å². The first-order chi connectivity index (χ1) is 10.2. The zero-order valence-electron chi connectivity index (χ0n) is 11.1. The molecule has 0 spiro atoms. The Morgan fingerprint density at radius 3 is 2.86 bits per heavy atom. The third-order valence-electron chi connectivity index (χ3n) is 3.58. The first-order valence-electron chi connectivity index (χ1n) is 6.47. The Labute approximate surface area is 121 Å². The fraction of sp³-hybridized carbons (Fsp3) is 0.200. The maximum atomic E-state index is 11.5. The minimum Gasteiger partial charge on any atom is -0.481 e. The number of fused-ring (bicyclic) bond motifs is 1. The summed E-state index contributed by atoms with van der Waals surface area (Å²) in [5, 5.41) is 18.6. The van der Waals surface area contributed by atoms with Gasteiger partial charge < -0.3 is 10.0 Å². The zero-order chi connectivity index (χ0) is 14.8. The highest BCUT2D eigenvalue weighted by Crippen LogP contribution is 2.31. The number of hydrogen-bond donors (Lipinski definition) is 1. The molecule has 2 aromatic rings. The van der Waals surface area contributed by atoms with Gasteiger partial charge in [0.05, 0.1) is 5.92 Å². The van der Waals surface area contributed by atoms with Crippen molar-refractivity contribution in [3.63, 3.8) is 0 Å². The van der Waals surface area contributed by atoms with Crippen LogP contribution in [0.4, 0.5) is 5.82 Å². The summed E-state index contributed by atoms with van der Waals surface area (Å²) >= 11 is 0. The summed E-state index contributed by atoms with van der Waals surface area (Å²) in [6.45, 7) is 0.799. The highest BCUT2D eigenvalue weighted by molar-refractivity contribution is 5.78. The summed E-state index contributed by atoms with van der Waals surface area (Å²) in [6, 6.07) is 9.46. The number of nitriles is 1. The number of carbonyl (C=O) groups is 1. The van der Waals surface area contributed by atoms with Crippen molar-refractivity contribution in [2.75, 3.05) is 11.4 Å². The van der Waals surface area contributed by atoms with Gasteiger partial charge in [-0.2, -0.15) is 5.26 Å². The Bertz CT molecular complexity index is 738. The number of hydrogen-bond acceptors (Lipinski definition) is 5. The number of aromatic nitrogens is 2. The van der Waals surface area contributed by atoms with E-state index in [1.165, 1.54) is 12.4 Å². The average Bonchev–Trinajstić information content (AvgIpc) is 2.53. The lowest BCUT2D eigenvalue weighted by atomic mass is 9.90. The smallest absolute Gasteiger partial charge is 0.312 e. The molecule has 0 saturated heterocycles. The van der Waals surface area contributed by atoms with Crippen LogP contribution in [0.15, 0.2) is 36.7 Å². The fourth-order valence-electron chi connectivity index (χ4n) is 2.62. The SMILES string of the molecule is N#Cc1nccnc1N1Cc2ccccc2C(C(=O)O)C1. The van der Waals surface area contributed by atoms with Gasteiger partial charge in [-0.1, -0.05) is 24.3 Å². The van der Waals surface area contributed by atoms with Crippen LogP contribution in [0.2, 0.25) is 0 Å². The maximum absolute atomic E-state index is 11.5. The topological polar surface area (TPSA) is 90.1 Å². The molecular formula is C15H12N4O2. The molecule has 3 rings (SSSR count). The van der Waals surface area contributed by atoms with E-state index in [2.05, 4.69) is 9.97 Å². The van der Waals surface area contributed by atoms with Gasteiger partial charge in [0.1, 0.15) is 6.07 Å². The van der Waals surface area contributed by atoms with Gasteiger partial charge in [0, 0.05) is 25.5 Å². The van der Waals surface area contributed by atoms with Gasteiger partial charge in [-0.15, -0.1) is 0 Å². The van der Waals surface area contributed by atoms with E-state index in [1.807, 2.05) is 30.3 Å². The molecule has 1 aromatic carbocycles. The van der Waals surface area contributed by atoms with Gasteiger partial charge >= 0.3 is 5.97 Å². The number of benzene rings is 1. The molecule has 6 nitrogen and oxygen atoms in total. The number of rotatable bonds is 2. The van der Waals surface area contributed by atoms with Gasteiger partial charge in [0.25, 0.3) is 0 Å². The number of anilines is 1. The first-order valence-corrected chi connectivity index (χ1v) is 6.47. The van der Waals surface area contributed by atoms with Crippen molar-refractivity contribution in [3.8, 4) is 6.07 Å². The minimum atomic E-state index is -0.880. The van der Waals surface area contributed by atoms with Gasteiger partial charge in [-0.05, 0) is 11.1 Å². The summed E-state index contributed by atoms with van der Waals surface area (Å²) in [4.78, 5) is 21.5. The van der Waals surface area contributed by atoms with Crippen LogP contribution >= 0.6 is 0 Å². The van der Waals surface area contributed by atoms with E-state index in [1.54, 1.807) is 4.90 Å². The number of carboxylic acid groups (broad SMARTS) is 1. The Balaban J connectivity index is 2.05. The zero-order valence-corrected chi connectivity index (χ0v) is 11.1. The standard InChI is InChI=1S/C15H12N4O2/c16-7-13-14(18-6-5-17-13)19-8-10-3-1-2-4-11(10)12(9-19)15(20)21/h1-6,12H,8-9H2,(H,20,21). The van der Waals surface area contributed by atoms with E-state index in [4.69, 9.17) is 5.26 Å². The van der Waals surface area contributed by atoms with Crippen molar-refractivity contribution in [2.24, 2.45) is 0 Å². The number of carboxylic acids is 1. The molecule has 104 valence electrons. The minimum absolute atomic E-state index is 0.209. The van der Waals surface area contributed by atoms with Crippen molar-refractivity contribution >= 4 is 11.8 Å². The van der Waals surface area contributed by atoms with Crippen LogP contribution in [-0.4, -0.2) is 27.6 Å². The summed E-state index contributed by atoms with van der Waals surface area (Å²) in [7, 11) is 0. The van der Waals surface area contributed by atoms with E-state index >= 15 is 0 Å². The lowest BCUT2D eigenvalue weighted by molar-refractivity contribution is -0.138. The molecule has 1 aliphatic rings. The van der Waals surface area contributed by atoms with Gasteiger partial charge in [-0.3, -0.25) is 4.79 Å². The third kappa shape index (κ3) is 2.30. The molecule has 1 aromatic heterocycles. The van der Waals surface area contributed by atoms with Crippen LogP contribution in [0.25, 0.3) is 0 Å². The summed E-state index contributed by atoms with van der Waals surface area (Å²) in [5.74, 6) is -1.08. The molecule has 1 atom stereocenters. The molecule has 0 aliphatic carbocycles. The first kappa shape index (κ1) is 13.1. The number of aliphatic carboxylic acids is 1. The van der Waals surface area contributed by atoms with E-state index in [-0.39, 0.29) is 12.2 Å². The monoisotopic (exact) mass is 280 g/mol. The fourth-order valence-corrected chi connectivity index (χ4v) is 2.62. The van der Waals surface area contributed by atoms with Crippen LogP contribution in [0.3, 0.4) is 0 Å². The molecule has 21 heavy (non-hydrogen) atoms. The lowest BCUT2D eigenvalue weighted by Crippen LogP contribution is -2.37. The van der Waals surface area contributed by atoms with Gasteiger partial charge in [0.2, 0.25) is 0 Å². The van der Waals surface area contributed by atoms with Crippen LogP contribution in [0, 0.1) is 11.3 Å². The second-order valence-electron chi connectivity index (χ2n) is 4.81. The quantitative estimate of drug-likeness (QED) is 0.897. The van der Waals surface area contributed by atoms with Crippen molar-refractivity contribution in [2.45, 2.75) is 12.5 Å². The molecule has 0 radical (unpaired) electrons. The molecule has 0 fully saturated rings. The Morgan fingerprint density at radius 2 is 2.10 bits per heavy atom. The number of nitrogens with zero attached hydrogens (tertiary/aromatic N) is 4. The van der Waals surface area contributed by atoms with Crippen molar-refractivity contribution in [1.29, 1.82) is 5.26 Å². The Kier molecular flexibility index (Phi) is 3.24. The van der Waals surface area contributed by atoms with Gasteiger partial charge in [-0.25, -0.2) is 9.97 Å². The van der Waals surface area contributed by atoms with Crippen LogP contribution in [0.1, 0.15) is 22.7 Å². The summed E-state index contributed by atoms with van der Waals surface area (Å²) in [6.07, 6.45) is 2.96. The Morgan fingerprint density at radius 1 is 1.33 bits per heavy atom. The molecule has 1 unspecified atom stereocenters. The van der Waals surface area contributed by atoms with Crippen molar-refractivity contribution in [3.05, 3.63) is 53.5 Å². The molecule has 6 heteroatoms. The van der Waals surface area contributed by atoms with E-state index in [0.29, 0.717) is 12.4 Å². The van der Waals surface area contributed by atoms with E-state index < -0.39 is 11.9 Å². The van der Waals surface area contributed by atoms with E-state index in [0.717, 1.165) is 11.1 Å². The molecule has 1 N–H and O–H groups in total. The average molecular weight is 280 g/mol. The van der Waals surface area contributed by atoms with Crippen LogP contribution < -0.4 is 4.90 Å². The predicted molar refractivity (Wildman–Crippen MR) is 74.6 cm³/mol. The van der Waals surface area contributed by atoms with Gasteiger partial charge in [0.15, 0.2) is 11.5 Å². The highest BCUT2D eigenvalue weighted by atomic mass is 16.4. The molecule has 0 amide bonds.